The summed E-state index contributed by atoms with van der Waals surface area (Å²) in [5.74, 6) is 0.817. The Labute approximate surface area is 92.8 Å². The van der Waals surface area contributed by atoms with Gasteiger partial charge in [0.15, 0.2) is 6.61 Å². The summed E-state index contributed by atoms with van der Waals surface area (Å²) in [6, 6.07) is 11.9. The van der Waals surface area contributed by atoms with Gasteiger partial charge in [-0.25, -0.2) is 0 Å². The predicted molar refractivity (Wildman–Crippen MR) is 60.9 cm³/mol. The van der Waals surface area contributed by atoms with Gasteiger partial charge in [0.1, 0.15) is 5.76 Å². The van der Waals surface area contributed by atoms with Crippen LogP contribution in [0.4, 0.5) is 0 Å². The van der Waals surface area contributed by atoms with Crippen molar-refractivity contribution < 1.29 is 9.25 Å². The van der Waals surface area contributed by atoms with Crippen molar-refractivity contribution in [3.8, 4) is 0 Å². The number of nitrogens with zero attached hydrogens (tertiary/aromatic N) is 1. The van der Waals surface area contributed by atoms with Gasteiger partial charge in [-0.15, -0.1) is 0 Å². The zero-order valence-electron chi connectivity index (χ0n) is 8.67. The molecule has 1 aromatic carbocycles. The van der Waals surface area contributed by atoms with Gasteiger partial charge in [-0.05, 0) is 12.1 Å². The van der Waals surface area contributed by atoms with E-state index in [-0.39, 0.29) is 0 Å². The van der Waals surface area contributed by atoms with E-state index in [1.807, 2.05) is 36.7 Å². The second-order valence-electron chi connectivity index (χ2n) is 3.60. The number of hydrogen-bond acceptors (Lipinski definition) is 2. The van der Waals surface area contributed by atoms with Crippen LogP contribution in [0.2, 0.25) is 0 Å². The number of furan rings is 1. The monoisotopic (exact) mass is 213 g/mol. The van der Waals surface area contributed by atoms with Crippen molar-refractivity contribution in [1.82, 2.24) is 4.73 Å². The van der Waals surface area contributed by atoms with Crippen LogP contribution in [0.25, 0.3) is 10.8 Å². The Kier molecular flexibility index (Phi) is 2.14. The quantitative estimate of drug-likeness (QED) is 0.669. The molecule has 0 fully saturated rings. The van der Waals surface area contributed by atoms with Gasteiger partial charge in [0.25, 0.3) is 0 Å². The zero-order chi connectivity index (χ0) is 10.8. The van der Waals surface area contributed by atoms with Gasteiger partial charge in [-0.3, -0.25) is 0 Å². The van der Waals surface area contributed by atoms with Gasteiger partial charge in [-0.1, -0.05) is 24.3 Å². The third-order valence-corrected chi connectivity index (χ3v) is 2.46. The first-order valence-corrected chi connectivity index (χ1v) is 5.14. The van der Waals surface area contributed by atoms with Crippen molar-refractivity contribution in [2.45, 2.75) is 6.61 Å². The summed E-state index contributed by atoms with van der Waals surface area (Å²) in [6.07, 6.45) is 5.56. The molecule has 0 saturated heterocycles. The molecule has 16 heavy (non-hydrogen) atoms. The van der Waals surface area contributed by atoms with Crippen molar-refractivity contribution >= 4 is 10.8 Å². The Morgan fingerprint density at radius 2 is 1.75 bits per heavy atom. The Morgan fingerprint density at radius 3 is 2.38 bits per heavy atom. The van der Waals surface area contributed by atoms with Crippen molar-refractivity contribution in [2.24, 2.45) is 0 Å². The maximum atomic E-state index is 5.56. The lowest BCUT2D eigenvalue weighted by Gasteiger charge is -2.02. The topological polar surface area (TPSA) is 27.3 Å². The van der Waals surface area contributed by atoms with Gasteiger partial charge in [0.2, 0.25) is 0 Å². The molecule has 0 radical (unpaired) electrons. The first-order valence-electron chi connectivity index (χ1n) is 5.14. The fraction of sp³-hybridized carbons (Fsp3) is 0.0769. The lowest BCUT2D eigenvalue weighted by molar-refractivity contribution is 0.0863. The predicted octanol–water partition coefficient (Wildman–Crippen LogP) is 2.86. The molecular formula is C13H11NO2. The summed E-state index contributed by atoms with van der Waals surface area (Å²) in [6.45, 7) is 0.438. The van der Waals surface area contributed by atoms with Crippen molar-refractivity contribution in [1.29, 1.82) is 0 Å². The van der Waals surface area contributed by atoms with Gasteiger partial charge < -0.3 is 9.25 Å². The molecule has 0 spiro atoms. The molecule has 0 aliphatic heterocycles. The highest BCUT2D eigenvalue weighted by molar-refractivity contribution is 5.81. The van der Waals surface area contributed by atoms with Crippen LogP contribution >= 0.6 is 0 Å². The molecule has 0 bridgehead atoms. The summed E-state index contributed by atoms with van der Waals surface area (Å²) in [7, 11) is 0. The SMILES string of the molecule is c1coc(COn2cc3ccccc3c2)c1. The van der Waals surface area contributed by atoms with Crippen LogP contribution < -0.4 is 4.84 Å². The van der Waals surface area contributed by atoms with E-state index in [4.69, 9.17) is 9.25 Å². The lowest BCUT2D eigenvalue weighted by atomic mass is 10.2. The molecule has 3 nitrogen and oxygen atoms in total. The molecule has 0 aliphatic carbocycles. The molecule has 0 N–H and O–H groups in total. The Morgan fingerprint density at radius 1 is 1.00 bits per heavy atom. The Hall–Kier alpha value is -2.16. The first-order chi connectivity index (χ1) is 7.92. The second-order valence-corrected chi connectivity index (χ2v) is 3.60. The van der Waals surface area contributed by atoms with Crippen LogP contribution in [0, 0.1) is 0 Å². The highest BCUT2D eigenvalue weighted by Crippen LogP contribution is 2.13. The van der Waals surface area contributed by atoms with E-state index < -0.39 is 0 Å². The highest BCUT2D eigenvalue weighted by atomic mass is 16.7. The van der Waals surface area contributed by atoms with Gasteiger partial charge in [-0.2, -0.15) is 4.73 Å². The van der Waals surface area contributed by atoms with Crippen LogP contribution in [0.3, 0.4) is 0 Å². The molecule has 3 rings (SSSR count). The summed E-state index contributed by atoms with van der Waals surface area (Å²) in [4.78, 5) is 5.56. The molecule has 2 aromatic heterocycles. The first kappa shape index (κ1) is 9.09. The van der Waals surface area contributed by atoms with Crippen molar-refractivity contribution in [3.63, 3.8) is 0 Å². The number of aromatic nitrogens is 1. The van der Waals surface area contributed by atoms with Crippen molar-refractivity contribution in [3.05, 3.63) is 60.8 Å². The molecule has 0 unspecified atom stereocenters. The summed E-state index contributed by atoms with van der Waals surface area (Å²) >= 11 is 0. The van der Waals surface area contributed by atoms with E-state index in [0.29, 0.717) is 6.61 Å². The third-order valence-electron chi connectivity index (χ3n) is 2.46. The molecule has 3 heteroatoms. The van der Waals surface area contributed by atoms with E-state index in [1.165, 1.54) is 10.8 Å². The highest BCUT2D eigenvalue weighted by Gasteiger charge is 1.99. The Bertz CT molecular complexity index is 548. The second kappa shape index (κ2) is 3.77. The van der Waals surface area contributed by atoms with Gasteiger partial charge in [0, 0.05) is 10.8 Å². The summed E-state index contributed by atoms with van der Waals surface area (Å²) < 4.78 is 6.91. The average Bonchev–Trinajstić information content (AvgIpc) is 2.95. The molecule has 80 valence electrons. The minimum absolute atomic E-state index is 0.438. The van der Waals surface area contributed by atoms with Crippen LogP contribution in [0.1, 0.15) is 5.76 Å². The molecule has 0 aliphatic rings. The molecule has 2 heterocycles. The van der Waals surface area contributed by atoms with E-state index in [2.05, 4.69) is 12.1 Å². The smallest absolute Gasteiger partial charge is 0.172 e. The van der Waals surface area contributed by atoms with Crippen molar-refractivity contribution in [2.75, 3.05) is 0 Å². The third kappa shape index (κ3) is 1.67. The summed E-state index contributed by atoms with van der Waals surface area (Å²) in [5.41, 5.74) is 0. The maximum Gasteiger partial charge on any atom is 0.172 e. The van der Waals surface area contributed by atoms with Crippen LogP contribution in [0.15, 0.2) is 59.5 Å². The summed E-state index contributed by atoms with van der Waals surface area (Å²) in [5, 5.41) is 2.34. The molecule has 0 atom stereocenters. The van der Waals surface area contributed by atoms with E-state index in [0.717, 1.165) is 5.76 Å². The van der Waals surface area contributed by atoms with Gasteiger partial charge >= 0.3 is 0 Å². The molecule has 0 amide bonds. The average molecular weight is 213 g/mol. The van der Waals surface area contributed by atoms with Crippen LogP contribution in [-0.4, -0.2) is 4.73 Å². The zero-order valence-corrected chi connectivity index (χ0v) is 8.67. The normalized spacial score (nSPS) is 10.8. The fourth-order valence-electron chi connectivity index (χ4n) is 1.66. The Balaban J connectivity index is 1.79. The number of fused-ring (bicyclic) bond motifs is 1. The van der Waals surface area contributed by atoms with Crippen LogP contribution in [-0.2, 0) is 6.61 Å². The number of benzene rings is 1. The minimum atomic E-state index is 0.438. The number of hydrogen-bond donors (Lipinski definition) is 0. The standard InChI is InChI=1S/C13H11NO2/c1-2-5-12-9-14(8-11(12)4-1)16-10-13-6-3-7-15-13/h1-9H,10H2. The van der Waals surface area contributed by atoms with E-state index >= 15 is 0 Å². The maximum absolute atomic E-state index is 5.56. The minimum Gasteiger partial charge on any atom is -0.466 e. The fourth-order valence-corrected chi connectivity index (χ4v) is 1.66. The molecule has 3 aromatic rings. The molecular weight excluding hydrogens is 202 g/mol. The largest absolute Gasteiger partial charge is 0.466 e. The molecule has 0 saturated carbocycles. The van der Waals surface area contributed by atoms with E-state index in [9.17, 15) is 0 Å². The number of rotatable bonds is 3. The van der Waals surface area contributed by atoms with E-state index in [1.54, 1.807) is 11.0 Å². The van der Waals surface area contributed by atoms with Gasteiger partial charge in [0.05, 0.1) is 18.7 Å². The van der Waals surface area contributed by atoms with Crippen LogP contribution in [0.5, 0.6) is 0 Å². The lowest BCUT2D eigenvalue weighted by Crippen LogP contribution is -2.07.